The van der Waals surface area contributed by atoms with Crippen molar-refractivity contribution in [1.82, 2.24) is 9.88 Å². The number of aromatic nitrogens is 1. The minimum atomic E-state index is -0.723. The van der Waals surface area contributed by atoms with Crippen molar-refractivity contribution >= 4 is 44.3 Å². The van der Waals surface area contributed by atoms with E-state index in [1.165, 1.54) is 4.90 Å². The molecule has 8 heteroatoms. The van der Waals surface area contributed by atoms with Crippen molar-refractivity contribution < 1.29 is 24.2 Å². The van der Waals surface area contributed by atoms with Crippen LogP contribution in [0.25, 0.3) is 16.7 Å². The van der Waals surface area contributed by atoms with E-state index in [0.29, 0.717) is 35.4 Å². The molecule has 2 aromatic carbocycles. The number of hydrogen-bond acceptors (Lipinski definition) is 5. The van der Waals surface area contributed by atoms with Crippen LogP contribution in [0.4, 0.5) is 0 Å². The Morgan fingerprint density at radius 3 is 2.64 bits per heavy atom. The third kappa shape index (κ3) is 4.05. The Balaban J connectivity index is 1.93. The number of ether oxygens (including phenoxy) is 2. The molecule has 1 unspecified atom stereocenters. The van der Waals surface area contributed by atoms with Gasteiger partial charge in [-0.1, -0.05) is 18.2 Å². The van der Waals surface area contributed by atoms with Crippen LogP contribution in [0.3, 0.4) is 0 Å². The summed E-state index contributed by atoms with van der Waals surface area (Å²) in [7, 11) is 3.14. The number of ketones is 1. The Labute approximate surface area is 200 Å². The average molecular weight is 513 g/mol. The van der Waals surface area contributed by atoms with Crippen LogP contribution in [0, 0.1) is 6.92 Å². The summed E-state index contributed by atoms with van der Waals surface area (Å²) in [5.41, 5.74) is 3.03. The molecule has 4 rings (SSSR count). The van der Waals surface area contributed by atoms with E-state index in [4.69, 9.17) is 9.47 Å². The standard InChI is InChI=1S/C25H25BrN2O5/c1-14-20(16-7-4-5-8-18(16)27-14)22-21(24(30)25(31)28(22)11-6-12-32-2)23(29)15-9-10-19(33-3)17(26)13-15/h4-5,7-10,13,22,27,29H,6,11-12H2,1-3H3/b23-21+. The number of Topliss-reactive ketones (excluding diaryl/α,β-unsaturated/α-hetero) is 1. The van der Waals surface area contributed by atoms with Crippen molar-refractivity contribution in [1.29, 1.82) is 0 Å². The molecule has 1 aromatic heterocycles. The van der Waals surface area contributed by atoms with Crippen molar-refractivity contribution in [2.24, 2.45) is 0 Å². The maximum atomic E-state index is 13.2. The normalized spacial score (nSPS) is 17.8. The van der Waals surface area contributed by atoms with Gasteiger partial charge in [-0.05, 0) is 53.5 Å². The largest absolute Gasteiger partial charge is 0.507 e. The smallest absolute Gasteiger partial charge is 0.295 e. The van der Waals surface area contributed by atoms with Gasteiger partial charge in [0.25, 0.3) is 11.7 Å². The molecule has 1 aliphatic heterocycles. The highest BCUT2D eigenvalue weighted by atomic mass is 79.9. The molecular formula is C25H25BrN2O5. The Bertz CT molecular complexity index is 1260. The lowest BCUT2D eigenvalue weighted by Crippen LogP contribution is -2.31. The van der Waals surface area contributed by atoms with E-state index in [-0.39, 0.29) is 11.3 Å². The molecule has 0 spiro atoms. The minimum Gasteiger partial charge on any atom is -0.507 e. The van der Waals surface area contributed by atoms with Crippen LogP contribution < -0.4 is 4.74 Å². The summed E-state index contributed by atoms with van der Waals surface area (Å²) in [6, 6.07) is 12.0. The summed E-state index contributed by atoms with van der Waals surface area (Å²) in [6.45, 7) is 2.69. The lowest BCUT2D eigenvalue weighted by molar-refractivity contribution is -0.140. The van der Waals surface area contributed by atoms with Gasteiger partial charge in [0.05, 0.1) is 23.2 Å². The first-order valence-electron chi connectivity index (χ1n) is 10.6. The predicted molar refractivity (Wildman–Crippen MR) is 129 cm³/mol. The number of benzene rings is 2. The molecule has 3 aromatic rings. The number of amides is 1. The number of likely N-dealkylation sites (tertiary alicyclic amines) is 1. The zero-order valence-corrected chi connectivity index (χ0v) is 20.2. The minimum absolute atomic E-state index is 0.0716. The van der Waals surface area contributed by atoms with Crippen molar-refractivity contribution in [3.8, 4) is 5.75 Å². The van der Waals surface area contributed by atoms with E-state index in [1.807, 2.05) is 31.2 Å². The molecule has 1 atom stereocenters. The third-order valence-corrected chi connectivity index (χ3v) is 6.55. The zero-order valence-electron chi connectivity index (χ0n) is 18.6. The van der Waals surface area contributed by atoms with Crippen LogP contribution in [0.5, 0.6) is 5.75 Å². The molecule has 1 amide bonds. The molecule has 172 valence electrons. The number of rotatable bonds is 7. The molecule has 2 heterocycles. The Kier molecular flexibility index (Phi) is 6.58. The van der Waals surface area contributed by atoms with Gasteiger partial charge in [0.15, 0.2) is 0 Å². The number of aromatic amines is 1. The topological polar surface area (TPSA) is 91.9 Å². The van der Waals surface area contributed by atoms with Crippen LogP contribution in [0.15, 0.2) is 52.5 Å². The summed E-state index contributed by atoms with van der Waals surface area (Å²) in [6.07, 6.45) is 0.565. The third-order valence-electron chi connectivity index (χ3n) is 5.93. The molecule has 33 heavy (non-hydrogen) atoms. The predicted octanol–water partition coefficient (Wildman–Crippen LogP) is 4.71. The van der Waals surface area contributed by atoms with E-state index >= 15 is 0 Å². The summed E-state index contributed by atoms with van der Waals surface area (Å²) < 4.78 is 11.1. The lowest BCUT2D eigenvalue weighted by Gasteiger charge is -2.25. The van der Waals surface area contributed by atoms with Gasteiger partial charge in [0.2, 0.25) is 0 Å². The van der Waals surface area contributed by atoms with Gasteiger partial charge in [0.1, 0.15) is 11.5 Å². The van der Waals surface area contributed by atoms with Crippen molar-refractivity contribution in [3.05, 3.63) is 69.3 Å². The van der Waals surface area contributed by atoms with Crippen molar-refractivity contribution in [2.45, 2.75) is 19.4 Å². The number of methoxy groups -OCH3 is 2. The number of halogens is 1. The first-order chi connectivity index (χ1) is 15.9. The fourth-order valence-electron chi connectivity index (χ4n) is 4.41. The fourth-order valence-corrected chi connectivity index (χ4v) is 4.95. The molecule has 1 aliphatic rings. The van der Waals surface area contributed by atoms with Gasteiger partial charge in [-0.3, -0.25) is 9.59 Å². The zero-order chi connectivity index (χ0) is 23.7. The van der Waals surface area contributed by atoms with Crippen LogP contribution in [-0.2, 0) is 14.3 Å². The molecule has 1 saturated heterocycles. The Morgan fingerprint density at radius 2 is 1.94 bits per heavy atom. The number of aliphatic hydroxyl groups excluding tert-OH is 1. The molecular weight excluding hydrogens is 488 g/mol. The number of carbonyl (C=O) groups excluding carboxylic acids is 2. The van der Waals surface area contributed by atoms with Gasteiger partial charge in [-0.2, -0.15) is 0 Å². The highest BCUT2D eigenvalue weighted by molar-refractivity contribution is 9.10. The van der Waals surface area contributed by atoms with Crippen molar-refractivity contribution in [2.75, 3.05) is 27.4 Å². The number of aryl methyl sites for hydroxylation is 1. The van der Waals surface area contributed by atoms with E-state index < -0.39 is 17.7 Å². The SMILES string of the molecule is COCCCN1C(=O)C(=O)/C(=C(/O)c2ccc(OC)c(Br)c2)C1c1c(C)[nH]c2ccccc12. The Hall–Kier alpha value is -3.10. The fraction of sp³-hybridized carbons (Fsp3) is 0.280. The highest BCUT2D eigenvalue weighted by Gasteiger charge is 2.47. The second kappa shape index (κ2) is 9.41. The molecule has 0 saturated carbocycles. The average Bonchev–Trinajstić information content (AvgIpc) is 3.26. The van der Waals surface area contributed by atoms with Crippen molar-refractivity contribution in [3.63, 3.8) is 0 Å². The highest BCUT2D eigenvalue weighted by Crippen LogP contribution is 2.43. The van der Waals surface area contributed by atoms with Gasteiger partial charge in [-0.15, -0.1) is 0 Å². The first kappa shape index (κ1) is 23.1. The number of hydrogen-bond donors (Lipinski definition) is 2. The van der Waals surface area contributed by atoms with Crippen LogP contribution >= 0.6 is 15.9 Å². The maximum absolute atomic E-state index is 13.2. The monoisotopic (exact) mass is 512 g/mol. The number of carbonyl (C=O) groups is 2. The molecule has 0 bridgehead atoms. The quantitative estimate of drug-likeness (QED) is 0.207. The summed E-state index contributed by atoms with van der Waals surface area (Å²) in [5.74, 6) is -0.960. The molecule has 1 fully saturated rings. The molecule has 7 nitrogen and oxygen atoms in total. The number of nitrogens with one attached hydrogen (secondary N) is 1. The van der Waals surface area contributed by atoms with Crippen LogP contribution in [-0.4, -0.2) is 54.1 Å². The van der Waals surface area contributed by atoms with Gasteiger partial charge in [0, 0.05) is 48.0 Å². The summed E-state index contributed by atoms with van der Waals surface area (Å²) in [5, 5.41) is 12.2. The number of nitrogens with zero attached hydrogens (tertiary/aromatic N) is 1. The van der Waals surface area contributed by atoms with Crippen LogP contribution in [0.1, 0.15) is 29.3 Å². The lowest BCUT2D eigenvalue weighted by atomic mass is 9.93. The van der Waals surface area contributed by atoms with E-state index in [9.17, 15) is 14.7 Å². The molecule has 0 radical (unpaired) electrons. The second-order valence-electron chi connectivity index (χ2n) is 7.90. The number of aliphatic hydroxyl groups is 1. The van der Waals surface area contributed by atoms with Gasteiger partial charge >= 0.3 is 0 Å². The first-order valence-corrected chi connectivity index (χ1v) is 11.4. The van der Waals surface area contributed by atoms with Crippen LogP contribution in [0.2, 0.25) is 0 Å². The van der Waals surface area contributed by atoms with Gasteiger partial charge in [-0.25, -0.2) is 0 Å². The van der Waals surface area contributed by atoms with Gasteiger partial charge < -0.3 is 24.5 Å². The van der Waals surface area contributed by atoms with E-state index in [1.54, 1.807) is 32.4 Å². The van der Waals surface area contributed by atoms with E-state index in [2.05, 4.69) is 20.9 Å². The molecule has 0 aliphatic carbocycles. The maximum Gasteiger partial charge on any atom is 0.295 e. The summed E-state index contributed by atoms with van der Waals surface area (Å²) >= 11 is 3.42. The number of fused-ring (bicyclic) bond motifs is 1. The van der Waals surface area contributed by atoms with E-state index in [0.717, 1.165) is 22.2 Å². The summed E-state index contributed by atoms with van der Waals surface area (Å²) in [4.78, 5) is 31.2. The number of H-pyrrole nitrogens is 1. The molecule has 2 N–H and O–H groups in total. The Morgan fingerprint density at radius 1 is 1.18 bits per heavy atom. The second-order valence-corrected chi connectivity index (χ2v) is 8.75. The number of para-hydroxylation sites is 1.